The zero-order valence-corrected chi connectivity index (χ0v) is 14.0. The van der Waals surface area contributed by atoms with Gasteiger partial charge in [0.1, 0.15) is 5.75 Å². The molecule has 23 heavy (non-hydrogen) atoms. The standard InChI is InChI=1S/C16H18N2O4S/c1-4-21-14(19)9-22-12-5-6-13(10(2)7-12)15(20)18-16-17-8-11(3)23-16/h5-8H,4,9H2,1-3H3,(H,17,18,20). The summed E-state index contributed by atoms with van der Waals surface area (Å²) < 4.78 is 10.1. The zero-order chi connectivity index (χ0) is 16.8. The molecule has 0 fully saturated rings. The lowest BCUT2D eigenvalue weighted by Crippen LogP contribution is -2.15. The third-order valence-electron chi connectivity index (χ3n) is 2.95. The molecule has 0 radical (unpaired) electrons. The van der Waals surface area contributed by atoms with Gasteiger partial charge in [-0.25, -0.2) is 9.78 Å². The number of carbonyl (C=O) groups is 2. The highest BCUT2D eigenvalue weighted by atomic mass is 32.1. The summed E-state index contributed by atoms with van der Waals surface area (Å²) in [4.78, 5) is 28.6. The molecular formula is C16H18N2O4S. The summed E-state index contributed by atoms with van der Waals surface area (Å²) >= 11 is 1.42. The predicted molar refractivity (Wildman–Crippen MR) is 88.1 cm³/mol. The monoisotopic (exact) mass is 334 g/mol. The van der Waals surface area contributed by atoms with Gasteiger partial charge in [-0.2, -0.15) is 0 Å². The molecule has 1 aromatic carbocycles. The fourth-order valence-electron chi connectivity index (χ4n) is 1.90. The normalized spacial score (nSPS) is 10.2. The van der Waals surface area contributed by atoms with E-state index in [1.54, 1.807) is 38.2 Å². The van der Waals surface area contributed by atoms with Gasteiger partial charge in [0, 0.05) is 16.6 Å². The molecule has 0 saturated heterocycles. The Balaban J connectivity index is 2.01. The number of esters is 1. The largest absolute Gasteiger partial charge is 0.482 e. The molecule has 122 valence electrons. The van der Waals surface area contributed by atoms with E-state index in [-0.39, 0.29) is 12.5 Å². The summed E-state index contributed by atoms with van der Waals surface area (Å²) in [5.41, 5.74) is 1.28. The highest BCUT2D eigenvalue weighted by Crippen LogP contribution is 2.21. The van der Waals surface area contributed by atoms with Crippen LogP contribution in [-0.2, 0) is 9.53 Å². The van der Waals surface area contributed by atoms with Gasteiger partial charge in [0.25, 0.3) is 5.91 Å². The molecule has 0 atom stereocenters. The lowest BCUT2D eigenvalue weighted by atomic mass is 10.1. The number of aryl methyl sites for hydroxylation is 2. The Hall–Kier alpha value is -2.41. The number of nitrogens with zero attached hydrogens (tertiary/aromatic N) is 1. The average molecular weight is 334 g/mol. The molecule has 1 heterocycles. The molecule has 0 aliphatic rings. The number of benzene rings is 1. The SMILES string of the molecule is CCOC(=O)COc1ccc(C(=O)Nc2ncc(C)s2)c(C)c1. The van der Waals surface area contributed by atoms with Gasteiger partial charge in [-0.15, -0.1) is 11.3 Å². The van der Waals surface area contributed by atoms with Crippen LogP contribution in [0.25, 0.3) is 0 Å². The summed E-state index contributed by atoms with van der Waals surface area (Å²) in [6.45, 7) is 5.63. The lowest BCUT2D eigenvalue weighted by Gasteiger charge is -2.09. The Morgan fingerprint density at radius 1 is 1.30 bits per heavy atom. The fourth-order valence-corrected chi connectivity index (χ4v) is 2.56. The van der Waals surface area contributed by atoms with Crippen molar-refractivity contribution in [3.8, 4) is 5.75 Å². The van der Waals surface area contributed by atoms with Gasteiger partial charge in [0.05, 0.1) is 6.61 Å². The Morgan fingerprint density at radius 3 is 2.70 bits per heavy atom. The minimum Gasteiger partial charge on any atom is -0.482 e. The maximum Gasteiger partial charge on any atom is 0.344 e. The summed E-state index contributed by atoms with van der Waals surface area (Å²) in [5.74, 6) is -0.142. The second-order valence-corrected chi connectivity index (χ2v) is 6.04. The van der Waals surface area contributed by atoms with Crippen LogP contribution in [0.4, 0.5) is 5.13 Å². The second-order valence-electron chi connectivity index (χ2n) is 4.80. The topological polar surface area (TPSA) is 77.5 Å². The smallest absolute Gasteiger partial charge is 0.344 e. The fraction of sp³-hybridized carbons (Fsp3) is 0.312. The van der Waals surface area contributed by atoms with Gasteiger partial charge in [0.15, 0.2) is 11.7 Å². The number of hydrogen-bond acceptors (Lipinski definition) is 6. The van der Waals surface area contributed by atoms with Crippen LogP contribution in [0.15, 0.2) is 24.4 Å². The van der Waals surface area contributed by atoms with E-state index in [1.165, 1.54) is 11.3 Å². The predicted octanol–water partition coefficient (Wildman–Crippen LogP) is 2.95. The van der Waals surface area contributed by atoms with Gasteiger partial charge in [-0.1, -0.05) is 0 Å². The van der Waals surface area contributed by atoms with E-state index in [2.05, 4.69) is 10.3 Å². The van der Waals surface area contributed by atoms with E-state index in [0.717, 1.165) is 10.4 Å². The molecule has 0 spiro atoms. The number of ether oxygens (including phenoxy) is 2. The van der Waals surface area contributed by atoms with Crippen molar-refractivity contribution in [2.24, 2.45) is 0 Å². The van der Waals surface area contributed by atoms with Crippen molar-refractivity contribution in [3.63, 3.8) is 0 Å². The molecule has 1 N–H and O–H groups in total. The molecule has 0 aliphatic heterocycles. The molecule has 0 saturated carbocycles. The van der Waals surface area contributed by atoms with Gasteiger partial charge >= 0.3 is 5.97 Å². The quantitative estimate of drug-likeness (QED) is 0.822. The molecule has 6 nitrogen and oxygen atoms in total. The third kappa shape index (κ3) is 4.79. The first-order valence-corrected chi connectivity index (χ1v) is 7.94. The first-order chi connectivity index (χ1) is 11.0. The number of anilines is 1. The van der Waals surface area contributed by atoms with Crippen molar-refractivity contribution in [2.75, 3.05) is 18.5 Å². The summed E-state index contributed by atoms with van der Waals surface area (Å²) in [6, 6.07) is 5.01. The van der Waals surface area contributed by atoms with E-state index < -0.39 is 5.97 Å². The third-order valence-corrected chi connectivity index (χ3v) is 3.77. The second kappa shape index (κ2) is 7.73. The first-order valence-electron chi connectivity index (χ1n) is 7.12. The molecule has 7 heteroatoms. The van der Waals surface area contributed by atoms with Crippen LogP contribution >= 0.6 is 11.3 Å². The maximum atomic E-state index is 12.2. The van der Waals surface area contributed by atoms with Crippen LogP contribution in [0.1, 0.15) is 27.7 Å². The minimum absolute atomic E-state index is 0.156. The van der Waals surface area contributed by atoms with Crippen molar-refractivity contribution in [2.45, 2.75) is 20.8 Å². The van der Waals surface area contributed by atoms with Crippen molar-refractivity contribution < 1.29 is 19.1 Å². The minimum atomic E-state index is -0.425. The Kier molecular flexibility index (Phi) is 5.70. The number of hydrogen-bond donors (Lipinski definition) is 1. The Bertz CT molecular complexity index is 712. The van der Waals surface area contributed by atoms with Gasteiger partial charge < -0.3 is 9.47 Å². The lowest BCUT2D eigenvalue weighted by molar-refractivity contribution is -0.145. The van der Waals surface area contributed by atoms with Crippen LogP contribution in [0, 0.1) is 13.8 Å². The van der Waals surface area contributed by atoms with Crippen LogP contribution in [-0.4, -0.2) is 30.1 Å². The van der Waals surface area contributed by atoms with E-state index in [4.69, 9.17) is 9.47 Å². The zero-order valence-electron chi connectivity index (χ0n) is 13.2. The van der Waals surface area contributed by atoms with E-state index >= 15 is 0 Å². The van der Waals surface area contributed by atoms with Crippen molar-refractivity contribution in [3.05, 3.63) is 40.4 Å². The van der Waals surface area contributed by atoms with Crippen LogP contribution in [0.5, 0.6) is 5.75 Å². The van der Waals surface area contributed by atoms with Crippen molar-refractivity contribution >= 4 is 28.3 Å². The highest BCUT2D eigenvalue weighted by Gasteiger charge is 2.12. The number of nitrogens with one attached hydrogen (secondary N) is 1. The average Bonchev–Trinajstić information content (AvgIpc) is 2.90. The number of amides is 1. The molecule has 1 amide bonds. The molecule has 2 aromatic rings. The number of rotatable bonds is 6. The number of thiazole rings is 1. The molecule has 2 rings (SSSR count). The molecule has 0 aliphatic carbocycles. The number of carbonyl (C=O) groups excluding carboxylic acids is 2. The van der Waals surface area contributed by atoms with E-state index in [0.29, 0.717) is 23.1 Å². The van der Waals surface area contributed by atoms with Crippen LogP contribution in [0.2, 0.25) is 0 Å². The molecule has 0 bridgehead atoms. The van der Waals surface area contributed by atoms with Crippen molar-refractivity contribution in [1.82, 2.24) is 4.98 Å². The van der Waals surface area contributed by atoms with Crippen LogP contribution in [0.3, 0.4) is 0 Å². The Labute approximate surface area is 138 Å². The molecule has 1 aromatic heterocycles. The summed E-state index contributed by atoms with van der Waals surface area (Å²) in [7, 11) is 0. The first kappa shape index (κ1) is 17.0. The summed E-state index contributed by atoms with van der Waals surface area (Å²) in [6.07, 6.45) is 1.71. The van der Waals surface area contributed by atoms with E-state index in [1.807, 2.05) is 6.92 Å². The number of aromatic nitrogens is 1. The van der Waals surface area contributed by atoms with Gasteiger partial charge in [0.2, 0.25) is 0 Å². The van der Waals surface area contributed by atoms with E-state index in [9.17, 15) is 9.59 Å². The van der Waals surface area contributed by atoms with Crippen LogP contribution < -0.4 is 10.1 Å². The maximum absolute atomic E-state index is 12.2. The highest BCUT2D eigenvalue weighted by molar-refractivity contribution is 7.15. The van der Waals surface area contributed by atoms with Crippen molar-refractivity contribution in [1.29, 1.82) is 0 Å². The van der Waals surface area contributed by atoms with Gasteiger partial charge in [-0.3, -0.25) is 10.1 Å². The molecular weight excluding hydrogens is 316 g/mol. The molecule has 0 unspecified atom stereocenters. The Morgan fingerprint density at radius 2 is 2.09 bits per heavy atom. The summed E-state index contributed by atoms with van der Waals surface area (Å²) in [5, 5.41) is 3.32. The van der Waals surface area contributed by atoms with Gasteiger partial charge in [-0.05, 0) is 44.5 Å².